The normalized spacial score (nSPS) is 14.2. The average Bonchev–Trinajstić information content (AvgIpc) is 2.37. The van der Waals surface area contributed by atoms with Crippen LogP contribution in [-0.4, -0.2) is 15.8 Å². The summed E-state index contributed by atoms with van der Waals surface area (Å²) in [6.45, 7) is 4.20. The fourth-order valence-electron chi connectivity index (χ4n) is 2.87. The summed E-state index contributed by atoms with van der Waals surface area (Å²) in [6, 6.07) is 6.50. The molecule has 0 bridgehead atoms. The van der Waals surface area contributed by atoms with Crippen molar-refractivity contribution in [3.63, 3.8) is 0 Å². The first-order valence-electron chi connectivity index (χ1n) is 7.07. The predicted molar refractivity (Wildman–Crippen MR) is 78.0 cm³/mol. The van der Waals surface area contributed by atoms with E-state index in [1.54, 1.807) is 6.20 Å². The second kappa shape index (κ2) is 5.16. The van der Waals surface area contributed by atoms with Crippen LogP contribution in [0.1, 0.15) is 51.4 Å². The SMILES string of the molecule is Cc1cc(C)cc(Cc2ncc3c(n2)CCCC3=O)c1. The van der Waals surface area contributed by atoms with E-state index in [0.717, 1.165) is 36.3 Å². The van der Waals surface area contributed by atoms with Crippen molar-refractivity contribution in [3.8, 4) is 0 Å². The number of hydrogen-bond acceptors (Lipinski definition) is 3. The van der Waals surface area contributed by atoms with Gasteiger partial charge in [0.05, 0.1) is 11.3 Å². The van der Waals surface area contributed by atoms with Crippen LogP contribution in [0.25, 0.3) is 0 Å². The van der Waals surface area contributed by atoms with Crippen LogP contribution >= 0.6 is 0 Å². The summed E-state index contributed by atoms with van der Waals surface area (Å²) in [5.74, 6) is 0.993. The average molecular weight is 266 g/mol. The van der Waals surface area contributed by atoms with Gasteiger partial charge < -0.3 is 0 Å². The van der Waals surface area contributed by atoms with E-state index in [9.17, 15) is 4.79 Å². The Labute approximate surface area is 119 Å². The number of Topliss-reactive ketones (excluding diaryl/α,β-unsaturated/α-hetero) is 1. The number of fused-ring (bicyclic) bond motifs is 1. The Kier molecular flexibility index (Phi) is 3.35. The minimum atomic E-state index is 0.184. The zero-order chi connectivity index (χ0) is 14.1. The van der Waals surface area contributed by atoms with Gasteiger partial charge in [-0.2, -0.15) is 0 Å². The molecule has 0 spiro atoms. The molecule has 0 unspecified atom stereocenters. The summed E-state index contributed by atoms with van der Waals surface area (Å²) in [7, 11) is 0. The van der Waals surface area contributed by atoms with E-state index in [1.807, 2.05) is 0 Å². The largest absolute Gasteiger partial charge is 0.294 e. The summed E-state index contributed by atoms with van der Waals surface area (Å²) in [5.41, 5.74) is 5.39. The standard InChI is InChI=1S/C17H18N2O/c1-11-6-12(2)8-13(7-11)9-17-18-10-14-15(19-17)4-3-5-16(14)20/h6-8,10H,3-5,9H2,1-2H3. The second-order valence-corrected chi connectivity index (χ2v) is 5.60. The molecular formula is C17H18N2O. The summed E-state index contributed by atoms with van der Waals surface area (Å²) in [6.07, 6.45) is 4.87. The van der Waals surface area contributed by atoms with Gasteiger partial charge in [0.25, 0.3) is 0 Å². The zero-order valence-electron chi connectivity index (χ0n) is 11.9. The minimum Gasteiger partial charge on any atom is -0.294 e. The molecule has 1 aromatic carbocycles. The number of nitrogens with zero attached hydrogens (tertiary/aromatic N) is 2. The lowest BCUT2D eigenvalue weighted by Gasteiger charge is -2.14. The van der Waals surface area contributed by atoms with E-state index in [4.69, 9.17) is 0 Å². The van der Waals surface area contributed by atoms with Crippen molar-refractivity contribution >= 4 is 5.78 Å². The third kappa shape index (κ3) is 2.62. The molecule has 0 aliphatic heterocycles. The van der Waals surface area contributed by atoms with Gasteiger partial charge in [0.2, 0.25) is 0 Å². The predicted octanol–water partition coefficient (Wildman–Crippen LogP) is 3.20. The smallest absolute Gasteiger partial charge is 0.166 e. The van der Waals surface area contributed by atoms with E-state index in [1.165, 1.54) is 16.7 Å². The van der Waals surface area contributed by atoms with Gasteiger partial charge in [-0.3, -0.25) is 4.79 Å². The molecule has 1 heterocycles. The van der Waals surface area contributed by atoms with Crippen molar-refractivity contribution < 1.29 is 4.79 Å². The lowest BCUT2D eigenvalue weighted by atomic mass is 9.96. The Hall–Kier alpha value is -2.03. The molecule has 0 N–H and O–H groups in total. The van der Waals surface area contributed by atoms with Gasteiger partial charge in [-0.1, -0.05) is 29.3 Å². The molecule has 3 rings (SSSR count). The van der Waals surface area contributed by atoms with Crippen LogP contribution in [0.3, 0.4) is 0 Å². The van der Waals surface area contributed by atoms with Crippen LogP contribution < -0.4 is 0 Å². The van der Waals surface area contributed by atoms with Crippen molar-refractivity contribution in [2.75, 3.05) is 0 Å². The van der Waals surface area contributed by atoms with Crippen molar-refractivity contribution in [3.05, 3.63) is 58.2 Å². The second-order valence-electron chi connectivity index (χ2n) is 5.60. The molecule has 1 aliphatic carbocycles. The highest BCUT2D eigenvalue weighted by molar-refractivity contribution is 5.97. The first-order valence-corrected chi connectivity index (χ1v) is 7.07. The van der Waals surface area contributed by atoms with Crippen LogP contribution in [0.4, 0.5) is 0 Å². The number of aromatic nitrogens is 2. The zero-order valence-corrected chi connectivity index (χ0v) is 11.9. The fourth-order valence-corrected chi connectivity index (χ4v) is 2.87. The van der Waals surface area contributed by atoms with Crippen molar-refractivity contribution in [2.45, 2.75) is 39.5 Å². The number of hydrogen-bond donors (Lipinski definition) is 0. The molecule has 0 atom stereocenters. The van der Waals surface area contributed by atoms with Crippen LogP contribution in [-0.2, 0) is 12.8 Å². The maximum atomic E-state index is 11.8. The molecule has 0 amide bonds. The number of carbonyl (C=O) groups is 1. The lowest BCUT2D eigenvalue weighted by Crippen LogP contribution is -2.15. The van der Waals surface area contributed by atoms with Crippen molar-refractivity contribution in [1.29, 1.82) is 0 Å². The molecule has 1 aliphatic rings. The monoisotopic (exact) mass is 266 g/mol. The van der Waals surface area contributed by atoms with E-state index in [0.29, 0.717) is 6.42 Å². The van der Waals surface area contributed by atoms with Crippen LogP contribution in [0.15, 0.2) is 24.4 Å². The minimum absolute atomic E-state index is 0.184. The van der Waals surface area contributed by atoms with E-state index in [-0.39, 0.29) is 5.78 Å². The first-order chi connectivity index (χ1) is 9.61. The maximum Gasteiger partial charge on any atom is 0.166 e. The van der Waals surface area contributed by atoms with Gasteiger partial charge in [-0.15, -0.1) is 0 Å². The van der Waals surface area contributed by atoms with E-state index < -0.39 is 0 Å². The summed E-state index contributed by atoms with van der Waals surface area (Å²) in [5, 5.41) is 0. The topological polar surface area (TPSA) is 42.9 Å². The number of carbonyl (C=O) groups excluding carboxylic acids is 1. The Bertz CT molecular complexity index is 656. The number of rotatable bonds is 2. The molecule has 0 fully saturated rings. The summed E-state index contributed by atoms with van der Waals surface area (Å²) < 4.78 is 0. The molecule has 1 aromatic heterocycles. The fraction of sp³-hybridized carbons (Fsp3) is 0.353. The molecule has 2 aromatic rings. The molecule has 102 valence electrons. The van der Waals surface area contributed by atoms with Crippen LogP contribution in [0, 0.1) is 13.8 Å². The van der Waals surface area contributed by atoms with Gasteiger partial charge in [-0.05, 0) is 32.3 Å². The molecule has 0 radical (unpaired) electrons. The molecule has 3 nitrogen and oxygen atoms in total. The van der Waals surface area contributed by atoms with Gasteiger partial charge in [0, 0.05) is 19.0 Å². The molecule has 0 saturated heterocycles. The molecule has 0 saturated carbocycles. The van der Waals surface area contributed by atoms with Crippen molar-refractivity contribution in [1.82, 2.24) is 9.97 Å². The summed E-state index contributed by atoms with van der Waals surface area (Å²) in [4.78, 5) is 20.7. The highest BCUT2D eigenvalue weighted by atomic mass is 16.1. The van der Waals surface area contributed by atoms with Gasteiger partial charge in [0.15, 0.2) is 5.78 Å². The first kappa shape index (κ1) is 13.0. The third-order valence-electron chi connectivity index (χ3n) is 3.68. The Morgan fingerprint density at radius 1 is 1.10 bits per heavy atom. The number of benzene rings is 1. The highest BCUT2D eigenvalue weighted by Gasteiger charge is 2.19. The molecule has 20 heavy (non-hydrogen) atoms. The maximum absolute atomic E-state index is 11.8. The Balaban J connectivity index is 1.90. The third-order valence-corrected chi connectivity index (χ3v) is 3.68. The van der Waals surface area contributed by atoms with Gasteiger partial charge in [0.1, 0.15) is 5.82 Å². The lowest BCUT2D eigenvalue weighted by molar-refractivity contribution is 0.0971. The summed E-state index contributed by atoms with van der Waals surface area (Å²) >= 11 is 0. The number of ketones is 1. The van der Waals surface area contributed by atoms with E-state index in [2.05, 4.69) is 42.0 Å². The van der Waals surface area contributed by atoms with Gasteiger partial charge >= 0.3 is 0 Å². The van der Waals surface area contributed by atoms with Gasteiger partial charge in [-0.25, -0.2) is 9.97 Å². The molecule has 3 heteroatoms. The molecular weight excluding hydrogens is 248 g/mol. The van der Waals surface area contributed by atoms with E-state index >= 15 is 0 Å². The highest BCUT2D eigenvalue weighted by Crippen LogP contribution is 2.19. The Morgan fingerprint density at radius 3 is 2.60 bits per heavy atom. The number of aryl methyl sites for hydroxylation is 3. The van der Waals surface area contributed by atoms with Crippen LogP contribution in [0.2, 0.25) is 0 Å². The van der Waals surface area contributed by atoms with Crippen LogP contribution in [0.5, 0.6) is 0 Å². The Morgan fingerprint density at radius 2 is 1.85 bits per heavy atom. The van der Waals surface area contributed by atoms with Crippen molar-refractivity contribution in [2.24, 2.45) is 0 Å². The quantitative estimate of drug-likeness (QED) is 0.838.